The number of aromatic nitrogens is 4. The molecule has 0 amide bonds. The van der Waals surface area contributed by atoms with Crippen molar-refractivity contribution in [3.63, 3.8) is 0 Å². The molecule has 2 aromatic heterocycles. The van der Waals surface area contributed by atoms with Crippen molar-refractivity contribution in [3.05, 3.63) is 34.0 Å². The van der Waals surface area contributed by atoms with Crippen LogP contribution in [-0.4, -0.2) is 19.6 Å². The summed E-state index contributed by atoms with van der Waals surface area (Å²) in [6.07, 6.45) is 5.09. The van der Waals surface area contributed by atoms with E-state index in [0.29, 0.717) is 18.2 Å². The maximum Gasteiger partial charge on any atom is 0.287 e. The zero-order valence-corrected chi connectivity index (χ0v) is 12.6. The van der Waals surface area contributed by atoms with E-state index in [0.717, 1.165) is 12.2 Å². The molecule has 2 rings (SSSR count). The first-order chi connectivity index (χ1) is 9.51. The lowest BCUT2D eigenvalue weighted by atomic mass is 10.2. The lowest BCUT2D eigenvalue weighted by molar-refractivity contribution is 0.464. The van der Waals surface area contributed by atoms with Crippen LogP contribution < -0.4 is 10.9 Å². The molecule has 1 N–H and O–H groups in total. The quantitative estimate of drug-likeness (QED) is 0.920. The number of hydrogen-bond donors (Lipinski definition) is 1. The molecule has 0 aliphatic heterocycles. The normalized spacial score (nSPS) is 11.1. The predicted octanol–water partition coefficient (Wildman–Crippen LogP) is 2.51. The van der Waals surface area contributed by atoms with Crippen LogP contribution in [0.15, 0.2) is 23.4 Å². The molecule has 0 unspecified atom stereocenters. The van der Waals surface area contributed by atoms with Crippen molar-refractivity contribution < 1.29 is 0 Å². The topological polar surface area (TPSA) is 64.7 Å². The minimum atomic E-state index is -0.284. The van der Waals surface area contributed by atoms with Gasteiger partial charge in [0.15, 0.2) is 0 Å². The summed E-state index contributed by atoms with van der Waals surface area (Å²) in [5.74, 6) is 0.331. The van der Waals surface area contributed by atoms with E-state index in [1.807, 2.05) is 27.0 Å². The minimum Gasteiger partial charge on any atom is -0.350 e. The Kier molecular flexibility index (Phi) is 4.44. The average Bonchev–Trinajstić information content (AvgIpc) is 2.86. The lowest BCUT2D eigenvalue weighted by Gasteiger charge is -2.10. The molecule has 0 spiro atoms. The Labute approximate surface area is 122 Å². The van der Waals surface area contributed by atoms with E-state index in [2.05, 4.69) is 15.5 Å². The van der Waals surface area contributed by atoms with Gasteiger partial charge in [0, 0.05) is 19.3 Å². The van der Waals surface area contributed by atoms with E-state index in [9.17, 15) is 4.79 Å². The maximum atomic E-state index is 12.1. The smallest absolute Gasteiger partial charge is 0.287 e. The second-order valence-electron chi connectivity index (χ2n) is 4.96. The summed E-state index contributed by atoms with van der Waals surface area (Å²) in [4.78, 5) is 12.1. The highest BCUT2D eigenvalue weighted by molar-refractivity contribution is 6.33. The first kappa shape index (κ1) is 14.6. The van der Waals surface area contributed by atoms with Crippen molar-refractivity contribution in [3.8, 4) is 0 Å². The largest absolute Gasteiger partial charge is 0.350 e. The molecule has 20 heavy (non-hydrogen) atoms. The van der Waals surface area contributed by atoms with Crippen LogP contribution in [0.5, 0.6) is 0 Å². The summed E-state index contributed by atoms with van der Waals surface area (Å²) in [7, 11) is 0. The first-order valence-corrected chi connectivity index (χ1v) is 6.94. The van der Waals surface area contributed by atoms with Crippen LogP contribution in [0.2, 0.25) is 5.02 Å². The van der Waals surface area contributed by atoms with Gasteiger partial charge in [-0.2, -0.15) is 10.2 Å². The number of aryl methyl sites for hydroxylation is 1. The molecule has 7 heteroatoms. The summed E-state index contributed by atoms with van der Waals surface area (Å²) in [5, 5.41) is 11.5. The van der Waals surface area contributed by atoms with Crippen LogP contribution in [0.25, 0.3) is 0 Å². The van der Waals surface area contributed by atoms with Crippen LogP contribution in [0.4, 0.5) is 11.4 Å². The number of rotatable bonds is 5. The summed E-state index contributed by atoms with van der Waals surface area (Å²) in [5.41, 5.74) is 0.983. The molecule has 2 heterocycles. The van der Waals surface area contributed by atoms with Gasteiger partial charge in [0.1, 0.15) is 5.02 Å². The van der Waals surface area contributed by atoms with Crippen molar-refractivity contribution in [1.82, 2.24) is 19.6 Å². The van der Waals surface area contributed by atoms with Gasteiger partial charge in [-0.25, -0.2) is 4.68 Å². The molecule has 2 aromatic rings. The molecule has 0 saturated carbocycles. The third-order valence-electron chi connectivity index (χ3n) is 2.76. The minimum absolute atomic E-state index is 0.143. The Balaban J connectivity index is 2.25. The van der Waals surface area contributed by atoms with Gasteiger partial charge in [-0.3, -0.25) is 9.48 Å². The predicted molar refractivity (Wildman–Crippen MR) is 79.5 cm³/mol. The van der Waals surface area contributed by atoms with Gasteiger partial charge >= 0.3 is 0 Å². The molecule has 0 fully saturated rings. The second-order valence-corrected chi connectivity index (χ2v) is 5.34. The molecular formula is C13H18ClN5O. The molecule has 0 aliphatic rings. The number of anilines is 2. The average molecular weight is 296 g/mol. The Hall–Kier alpha value is -1.82. The van der Waals surface area contributed by atoms with E-state index < -0.39 is 0 Å². The van der Waals surface area contributed by atoms with E-state index in [1.165, 1.54) is 4.68 Å². The molecule has 0 aliphatic carbocycles. The maximum absolute atomic E-state index is 12.1. The summed E-state index contributed by atoms with van der Waals surface area (Å²) >= 11 is 6.11. The van der Waals surface area contributed by atoms with Gasteiger partial charge in [-0.15, -0.1) is 0 Å². The lowest BCUT2D eigenvalue weighted by Crippen LogP contribution is -2.25. The Morgan fingerprint density at radius 2 is 2.10 bits per heavy atom. The van der Waals surface area contributed by atoms with Crippen molar-refractivity contribution in [2.75, 3.05) is 5.32 Å². The molecule has 0 saturated heterocycles. The number of nitrogens with zero attached hydrogens (tertiary/aromatic N) is 4. The molecule has 6 nitrogen and oxygen atoms in total. The Bertz CT molecular complexity index is 646. The molecule has 0 radical (unpaired) electrons. The highest BCUT2D eigenvalue weighted by Gasteiger charge is 2.11. The van der Waals surface area contributed by atoms with E-state index >= 15 is 0 Å². The molecular weight excluding hydrogens is 278 g/mol. The molecule has 108 valence electrons. The van der Waals surface area contributed by atoms with Crippen LogP contribution in [0, 0.1) is 5.92 Å². The monoisotopic (exact) mass is 295 g/mol. The van der Waals surface area contributed by atoms with Crippen LogP contribution in [0.3, 0.4) is 0 Å². The van der Waals surface area contributed by atoms with Gasteiger partial charge in [0.05, 0.1) is 23.8 Å². The summed E-state index contributed by atoms with van der Waals surface area (Å²) in [6, 6.07) is 0. The van der Waals surface area contributed by atoms with E-state index in [1.54, 1.807) is 17.1 Å². The van der Waals surface area contributed by atoms with Crippen LogP contribution in [0.1, 0.15) is 20.8 Å². The molecule has 0 aromatic carbocycles. The van der Waals surface area contributed by atoms with Gasteiger partial charge in [0.25, 0.3) is 5.56 Å². The van der Waals surface area contributed by atoms with Gasteiger partial charge < -0.3 is 5.32 Å². The van der Waals surface area contributed by atoms with Gasteiger partial charge in [-0.05, 0) is 12.8 Å². The van der Waals surface area contributed by atoms with Gasteiger partial charge in [-0.1, -0.05) is 25.4 Å². The van der Waals surface area contributed by atoms with Crippen LogP contribution in [-0.2, 0) is 13.1 Å². The SMILES string of the molecule is CCn1cc(Nc2cnn(CC(C)C)c(=O)c2Cl)cn1. The highest BCUT2D eigenvalue weighted by Crippen LogP contribution is 2.20. The zero-order chi connectivity index (χ0) is 14.7. The second kappa shape index (κ2) is 6.09. The molecule has 0 bridgehead atoms. The van der Waals surface area contributed by atoms with E-state index in [4.69, 9.17) is 11.6 Å². The van der Waals surface area contributed by atoms with Crippen molar-refractivity contribution in [2.24, 2.45) is 5.92 Å². The zero-order valence-electron chi connectivity index (χ0n) is 11.8. The fraction of sp³-hybridized carbons (Fsp3) is 0.462. The highest BCUT2D eigenvalue weighted by atomic mass is 35.5. The number of halogens is 1. The van der Waals surface area contributed by atoms with Crippen molar-refractivity contribution in [1.29, 1.82) is 0 Å². The Morgan fingerprint density at radius 3 is 2.70 bits per heavy atom. The Morgan fingerprint density at radius 1 is 1.35 bits per heavy atom. The third kappa shape index (κ3) is 3.19. The fourth-order valence-corrected chi connectivity index (χ4v) is 1.98. The molecule has 0 atom stereocenters. The van der Waals surface area contributed by atoms with Crippen molar-refractivity contribution in [2.45, 2.75) is 33.9 Å². The fourth-order valence-electron chi connectivity index (χ4n) is 1.78. The number of hydrogen-bond acceptors (Lipinski definition) is 4. The van der Waals surface area contributed by atoms with Gasteiger partial charge in [0.2, 0.25) is 0 Å². The summed E-state index contributed by atoms with van der Waals surface area (Å²) < 4.78 is 3.16. The number of nitrogens with one attached hydrogen (secondary N) is 1. The first-order valence-electron chi connectivity index (χ1n) is 6.56. The third-order valence-corrected chi connectivity index (χ3v) is 3.12. The van der Waals surface area contributed by atoms with Crippen molar-refractivity contribution >= 4 is 23.0 Å². The standard InChI is InChI=1S/C13H18ClN5O/c1-4-18-8-10(5-15-18)17-11-6-16-19(7-9(2)3)13(20)12(11)14/h5-6,8-9,17H,4,7H2,1-3H3. The summed E-state index contributed by atoms with van der Waals surface area (Å²) in [6.45, 7) is 7.37. The van der Waals surface area contributed by atoms with E-state index in [-0.39, 0.29) is 10.6 Å². The van der Waals surface area contributed by atoms with Crippen LogP contribution >= 0.6 is 11.6 Å².